The van der Waals surface area contributed by atoms with Gasteiger partial charge in [0.05, 0.1) is 0 Å². The molecule has 0 spiro atoms. The number of aryl methyl sites for hydroxylation is 1. The molecule has 0 saturated heterocycles. The summed E-state index contributed by atoms with van der Waals surface area (Å²) in [6.07, 6.45) is 4.21. The van der Waals surface area contributed by atoms with Gasteiger partial charge in [-0.15, -0.1) is 0 Å². The van der Waals surface area contributed by atoms with Gasteiger partial charge in [0.2, 0.25) is 11.8 Å². The Morgan fingerprint density at radius 1 is 1.03 bits per heavy atom. The molecule has 0 atom stereocenters. The minimum atomic E-state index is -0.275. The van der Waals surface area contributed by atoms with Crippen LogP contribution in [0.4, 0.5) is 5.69 Å². The molecular weight excluding hydrogens is 376 g/mol. The van der Waals surface area contributed by atoms with E-state index in [1.807, 2.05) is 24.3 Å². The fourth-order valence-electron chi connectivity index (χ4n) is 3.61. The van der Waals surface area contributed by atoms with Crippen molar-refractivity contribution in [3.8, 4) is 0 Å². The first-order valence-electron chi connectivity index (χ1n) is 10.2. The van der Waals surface area contributed by atoms with E-state index in [0.29, 0.717) is 12.8 Å². The van der Waals surface area contributed by atoms with Crippen LogP contribution in [0.15, 0.2) is 48.7 Å². The first kappa shape index (κ1) is 21.6. The van der Waals surface area contributed by atoms with Gasteiger partial charge in [-0.25, -0.2) is 0 Å². The van der Waals surface area contributed by atoms with Crippen LogP contribution < -0.4 is 11.1 Å². The summed E-state index contributed by atoms with van der Waals surface area (Å²) in [5, 5.41) is 4.03. The monoisotopic (exact) mass is 406 g/mol. The quantitative estimate of drug-likeness (QED) is 0.573. The van der Waals surface area contributed by atoms with E-state index in [9.17, 15) is 9.59 Å². The summed E-state index contributed by atoms with van der Waals surface area (Å²) in [5.74, 6) is -0.347. The number of hydrogen-bond donors (Lipinski definition) is 2. The van der Waals surface area contributed by atoms with Gasteiger partial charge in [0, 0.05) is 49.2 Å². The van der Waals surface area contributed by atoms with Gasteiger partial charge in [-0.2, -0.15) is 0 Å². The van der Waals surface area contributed by atoms with Gasteiger partial charge in [0.1, 0.15) is 0 Å². The fraction of sp³-hybridized carbons (Fsp3) is 0.333. The highest BCUT2D eigenvalue weighted by Gasteiger charge is 2.11. The minimum Gasteiger partial charge on any atom is -0.370 e. The SMILES string of the molecule is CC(=O)Nc1ccc(Cn2cc(CCN(C)C)c3cc(CCC(N)=O)ccc32)cc1. The molecule has 3 N–H and O–H groups in total. The molecule has 0 radical (unpaired) electrons. The maximum atomic E-state index is 11.2. The van der Waals surface area contributed by atoms with Crippen molar-refractivity contribution in [3.05, 3.63) is 65.4 Å². The minimum absolute atomic E-state index is 0.0724. The second kappa shape index (κ2) is 9.59. The number of benzene rings is 2. The summed E-state index contributed by atoms with van der Waals surface area (Å²) in [6, 6.07) is 14.3. The highest BCUT2D eigenvalue weighted by atomic mass is 16.1. The average molecular weight is 407 g/mol. The topological polar surface area (TPSA) is 80.4 Å². The van der Waals surface area contributed by atoms with Crippen LogP contribution in [-0.2, 0) is 29.0 Å². The van der Waals surface area contributed by atoms with Crippen LogP contribution in [0, 0.1) is 0 Å². The summed E-state index contributed by atoms with van der Waals surface area (Å²) in [7, 11) is 4.15. The third-order valence-corrected chi connectivity index (χ3v) is 5.14. The summed E-state index contributed by atoms with van der Waals surface area (Å²) in [4.78, 5) is 24.6. The molecule has 0 fully saturated rings. The first-order valence-corrected chi connectivity index (χ1v) is 10.2. The summed E-state index contributed by atoms with van der Waals surface area (Å²) in [6.45, 7) is 3.22. The van der Waals surface area contributed by atoms with Gasteiger partial charge in [0.15, 0.2) is 0 Å². The summed E-state index contributed by atoms with van der Waals surface area (Å²) < 4.78 is 2.27. The Morgan fingerprint density at radius 3 is 2.37 bits per heavy atom. The molecule has 1 heterocycles. The number of anilines is 1. The van der Waals surface area contributed by atoms with Crippen LogP contribution >= 0.6 is 0 Å². The predicted octanol–water partition coefficient (Wildman–Crippen LogP) is 3.17. The normalized spacial score (nSPS) is 11.2. The van der Waals surface area contributed by atoms with Crippen molar-refractivity contribution in [1.82, 2.24) is 9.47 Å². The molecule has 0 unspecified atom stereocenters. The zero-order valence-corrected chi connectivity index (χ0v) is 17.9. The molecule has 3 rings (SSSR count). The number of rotatable bonds is 9. The van der Waals surface area contributed by atoms with Crippen LogP contribution in [0.1, 0.15) is 30.0 Å². The predicted molar refractivity (Wildman–Crippen MR) is 122 cm³/mol. The van der Waals surface area contributed by atoms with E-state index < -0.39 is 0 Å². The van der Waals surface area contributed by atoms with Crippen molar-refractivity contribution in [3.63, 3.8) is 0 Å². The van der Waals surface area contributed by atoms with E-state index in [1.165, 1.54) is 23.4 Å². The molecule has 3 aromatic rings. The number of nitrogens with two attached hydrogens (primary N) is 1. The Hall–Kier alpha value is -3.12. The smallest absolute Gasteiger partial charge is 0.221 e. The number of nitrogens with zero attached hydrogens (tertiary/aromatic N) is 2. The van der Waals surface area contributed by atoms with Crippen LogP contribution in [0.5, 0.6) is 0 Å². The van der Waals surface area contributed by atoms with Crippen LogP contribution in [0.3, 0.4) is 0 Å². The van der Waals surface area contributed by atoms with Gasteiger partial charge >= 0.3 is 0 Å². The summed E-state index contributed by atoms with van der Waals surface area (Å²) >= 11 is 0. The molecule has 0 aliphatic carbocycles. The molecule has 2 amide bonds. The Bertz CT molecular complexity index is 1040. The van der Waals surface area contributed by atoms with E-state index in [2.05, 4.69) is 53.3 Å². The second-order valence-electron chi connectivity index (χ2n) is 8.03. The fourth-order valence-corrected chi connectivity index (χ4v) is 3.61. The van der Waals surface area contributed by atoms with Crippen molar-refractivity contribution < 1.29 is 9.59 Å². The zero-order valence-electron chi connectivity index (χ0n) is 17.9. The number of nitrogens with one attached hydrogen (secondary N) is 1. The van der Waals surface area contributed by atoms with Gasteiger partial charge in [-0.3, -0.25) is 9.59 Å². The second-order valence-corrected chi connectivity index (χ2v) is 8.03. The maximum absolute atomic E-state index is 11.2. The molecule has 0 bridgehead atoms. The number of hydrogen-bond acceptors (Lipinski definition) is 3. The number of carbonyl (C=O) groups is 2. The molecule has 1 aromatic heterocycles. The third kappa shape index (κ3) is 5.70. The first-order chi connectivity index (χ1) is 14.3. The zero-order chi connectivity index (χ0) is 21.7. The highest BCUT2D eigenvalue weighted by molar-refractivity contribution is 5.88. The lowest BCUT2D eigenvalue weighted by atomic mass is 10.0. The molecule has 30 heavy (non-hydrogen) atoms. The third-order valence-electron chi connectivity index (χ3n) is 5.14. The number of amides is 2. The van der Waals surface area contributed by atoms with E-state index >= 15 is 0 Å². The number of primary amides is 1. The molecule has 6 heteroatoms. The Labute approximate surface area is 177 Å². The van der Waals surface area contributed by atoms with Crippen molar-refractivity contribution in [2.75, 3.05) is 26.0 Å². The van der Waals surface area contributed by atoms with E-state index in [0.717, 1.165) is 36.3 Å². The number of aromatic nitrogens is 1. The molecule has 158 valence electrons. The Morgan fingerprint density at radius 2 is 1.73 bits per heavy atom. The van der Waals surface area contributed by atoms with Crippen molar-refractivity contribution in [2.24, 2.45) is 5.73 Å². The van der Waals surface area contributed by atoms with Crippen LogP contribution in [-0.4, -0.2) is 41.9 Å². The average Bonchev–Trinajstić information content (AvgIpc) is 3.02. The molecular formula is C24H30N4O2. The number of likely N-dealkylation sites (N-methyl/N-ethyl adjacent to an activating group) is 1. The van der Waals surface area contributed by atoms with Gasteiger partial charge in [-0.1, -0.05) is 18.2 Å². The van der Waals surface area contributed by atoms with Gasteiger partial charge in [-0.05, 0) is 67.9 Å². The molecule has 0 saturated carbocycles. The molecule has 2 aromatic carbocycles. The van der Waals surface area contributed by atoms with E-state index in [-0.39, 0.29) is 11.8 Å². The molecule has 0 aliphatic rings. The maximum Gasteiger partial charge on any atom is 0.221 e. The van der Waals surface area contributed by atoms with Crippen LogP contribution in [0.25, 0.3) is 10.9 Å². The lowest BCUT2D eigenvalue weighted by molar-refractivity contribution is -0.118. The number of carbonyl (C=O) groups excluding carboxylic acids is 2. The highest BCUT2D eigenvalue weighted by Crippen LogP contribution is 2.25. The summed E-state index contributed by atoms with van der Waals surface area (Å²) in [5.41, 5.74) is 10.9. The van der Waals surface area contributed by atoms with Crippen molar-refractivity contribution in [2.45, 2.75) is 32.7 Å². The van der Waals surface area contributed by atoms with Gasteiger partial charge in [0.25, 0.3) is 0 Å². The Balaban J connectivity index is 1.89. The largest absolute Gasteiger partial charge is 0.370 e. The standard InChI is InChI=1S/C24H30N4O2/c1-17(29)26-21-8-4-19(5-9-21)15-28-16-20(12-13-27(2)3)22-14-18(6-10-23(22)28)7-11-24(25)30/h4-6,8-10,14,16H,7,11-13,15H2,1-3H3,(H2,25,30)(H,26,29). The molecule has 0 aliphatic heterocycles. The van der Waals surface area contributed by atoms with Crippen LogP contribution in [0.2, 0.25) is 0 Å². The van der Waals surface area contributed by atoms with Crippen molar-refractivity contribution >= 4 is 28.4 Å². The lowest BCUT2D eigenvalue weighted by Gasteiger charge is -2.08. The van der Waals surface area contributed by atoms with Gasteiger partial charge < -0.3 is 20.5 Å². The van der Waals surface area contributed by atoms with Crippen molar-refractivity contribution in [1.29, 1.82) is 0 Å². The van der Waals surface area contributed by atoms with E-state index in [4.69, 9.17) is 5.73 Å². The lowest BCUT2D eigenvalue weighted by Crippen LogP contribution is -2.14. The number of fused-ring (bicyclic) bond motifs is 1. The Kier molecular flexibility index (Phi) is 6.90. The molecule has 6 nitrogen and oxygen atoms in total. The van der Waals surface area contributed by atoms with E-state index in [1.54, 1.807) is 0 Å².